The number of nitrogens with two attached hydrogens (primary N) is 1. The second-order valence-electron chi connectivity index (χ2n) is 4.46. The quantitative estimate of drug-likeness (QED) is 0.887. The van der Waals surface area contributed by atoms with Crippen LogP contribution in [0.15, 0.2) is 22.0 Å². The van der Waals surface area contributed by atoms with Crippen LogP contribution in [0.4, 0.5) is 0 Å². The minimum absolute atomic E-state index is 0.470. The molecule has 1 saturated carbocycles. The van der Waals surface area contributed by atoms with E-state index in [9.17, 15) is 0 Å². The third kappa shape index (κ3) is 1.56. The first-order valence-electron chi connectivity index (χ1n) is 5.35. The van der Waals surface area contributed by atoms with Crippen molar-refractivity contribution in [2.45, 2.75) is 25.3 Å². The van der Waals surface area contributed by atoms with Crippen molar-refractivity contribution >= 4 is 11.3 Å². The van der Waals surface area contributed by atoms with Crippen molar-refractivity contribution in [3.8, 4) is 10.7 Å². The van der Waals surface area contributed by atoms with Gasteiger partial charge in [-0.05, 0) is 37.1 Å². The molecule has 2 heterocycles. The average Bonchev–Trinajstić information content (AvgIpc) is 2.82. The lowest BCUT2D eigenvalue weighted by atomic mass is 9.97. The Morgan fingerprint density at radius 2 is 2.38 bits per heavy atom. The highest BCUT2D eigenvalue weighted by molar-refractivity contribution is 7.13. The van der Waals surface area contributed by atoms with Crippen LogP contribution in [0.5, 0.6) is 0 Å². The SMILES string of the molecule is CC(N)(c1nc(-c2cccs2)no1)C1CC1. The minimum Gasteiger partial charge on any atom is -0.337 e. The molecule has 0 amide bonds. The Bertz CT molecular complexity index is 485. The molecule has 1 unspecified atom stereocenters. The van der Waals surface area contributed by atoms with Gasteiger partial charge in [-0.1, -0.05) is 11.2 Å². The molecule has 2 aromatic rings. The Morgan fingerprint density at radius 3 is 3.00 bits per heavy atom. The largest absolute Gasteiger partial charge is 0.337 e. The van der Waals surface area contributed by atoms with E-state index in [4.69, 9.17) is 10.3 Å². The predicted octanol–water partition coefficient (Wildman–Crippen LogP) is 2.38. The lowest BCUT2D eigenvalue weighted by Gasteiger charge is -2.18. The van der Waals surface area contributed by atoms with Gasteiger partial charge in [0.1, 0.15) is 0 Å². The molecular formula is C11H13N3OS. The summed E-state index contributed by atoms with van der Waals surface area (Å²) in [6.45, 7) is 1.97. The van der Waals surface area contributed by atoms with Gasteiger partial charge in [0, 0.05) is 0 Å². The molecule has 3 rings (SSSR count). The fourth-order valence-corrected chi connectivity index (χ4v) is 2.45. The van der Waals surface area contributed by atoms with Crippen molar-refractivity contribution in [1.29, 1.82) is 0 Å². The molecule has 1 fully saturated rings. The van der Waals surface area contributed by atoms with Gasteiger partial charge in [0.25, 0.3) is 0 Å². The molecule has 1 aliphatic rings. The van der Waals surface area contributed by atoms with Gasteiger partial charge < -0.3 is 10.3 Å². The maximum atomic E-state index is 6.22. The Kier molecular flexibility index (Phi) is 2.12. The molecule has 0 spiro atoms. The van der Waals surface area contributed by atoms with Gasteiger partial charge in [-0.2, -0.15) is 4.98 Å². The molecule has 84 valence electrons. The molecule has 0 radical (unpaired) electrons. The molecule has 2 aromatic heterocycles. The summed E-state index contributed by atoms with van der Waals surface area (Å²) < 4.78 is 5.28. The van der Waals surface area contributed by atoms with Crippen LogP contribution >= 0.6 is 11.3 Å². The number of aromatic nitrogens is 2. The predicted molar refractivity (Wildman–Crippen MR) is 61.9 cm³/mol. The van der Waals surface area contributed by atoms with Crippen molar-refractivity contribution in [1.82, 2.24) is 10.1 Å². The smallest absolute Gasteiger partial charge is 0.247 e. The van der Waals surface area contributed by atoms with E-state index in [1.807, 2.05) is 24.4 Å². The van der Waals surface area contributed by atoms with E-state index >= 15 is 0 Å². The molecule has 16 heavy (non-hydrogen) atoms. The Balaban J connectivity index is 1.93. The molecule has 5 heteroatoms. The van der Waals surface area contributed by atoms with Crippen molar-refractivity contribution in [3.63, 3.8) is 0 Å². The van der Waals surface area contributed by atoms with Gasteiger partial charge in [-0.15, -0.1) is 11.3 Å². The van der Waals surface area contributed by atoms with E-state index in [1.54, 1.807) is 11.3 Å². The standard InChI is InChI=1S/C11H13N3OS/c1-11(12,7-4-5-7)10-13-9(14-15-10)8-3-2-6-16-8/h2-3,6-7H,4-5,12H2,1H3. The van der Waals surface area contributed by atoms with E-state index in [1.165, 1.54) is 0 Å². The van der Waals surface area contributed by atoms with Crippen LogP contribution in [0.3, 0.4) is 0 Å². The molecule has 0 saturated heterocycles. The van der Waals surface area contributed by atoms with Crippen LogP contribution in [0, 0.1) is 5.92 Å². The van der Waals surface area contributed by atoms with Crippen LogP contribution in [0.25, 0.3) is 10.7 Å². The maximum Gasteiger partial charge on any atom is 0.247 e. The van der Waals surface area contributed by atoms with Crippen LogP contribution < -0.4 is 5.73 Å². The van der Waals surface area contributed by atoms with E-state index < -0.39 is 5.54 Å². The monoisotopic (exact) mass is 235 g/mol. The third-order valence-corrected chi connectivity index (χ3v) is 3.92. The van der Waals surface area contributed by atoms with Gasteiger partial charge >= 0.3 is 0 Å². The van der Waals surface area contributed by atoms with Gasteiger partial charge in [-0.3, -0.25) is 0 Å². The number of nitrogens with zero attached hydrogens (tertiary/aromatic N) is 2. The summed E-state index contributed by atoms with van der Waals surface area (Å²) in [6, 6.07) is 3.95. The molecule has 1 aliphatic carbocycles. The number of thiophene rings is 1. The fourth-order valence-electron chi connectivity index (χ4n) is 1.81. The number of hydrogen-bond acceptors (Lipinski definition) is 5. The summed E-state index contributed by atoms with van der Waals surface area (Å²) in [5.41, 5.74) is 5.75. The third-order valence-electron chi connectivity index (χ3n) is 3.05. The highest BCUT2D eigenvalue weighted by Crippen LogP contribution is 2.43. The second-order valence-corrected chi connectivity index (χ2v) is 5.41. The van der Waals surface area contributed by atoms with Crippen LogP contribution in [-0.2, 0) is 5.54 Å². The first kappa shape index (κ1) is 9.99. The van der Waals surface area contributed by atoms with Gasteiger partial charge in [0.05, 0.1) is 10.4 Å². The van der Waals surface area contributed by atoms with E-state index in [0.29, 0.717) is 17.6 Å². The first-order valence-corrected chi connectivity index (χ1v) is 6.23. The molecule has 0 aromatic carbocycles. The second kappa shape index (κ2) is 3.40. The highest BCUT2D eigenvalue weighted by atomic mass is 32.1. The zero-order valence-electron chi connectivity index (χ0n) is 9.01. The van der Waals surface area contributed by atoms with E-state index in [2.05, 4.69) is 10.1 Å². The van der Waals surface area contributed by atoms with Crippen molar-refractivity contribution in [2.24, 2.45) is 11.7 Å². The van der Waals surface area contributed by atoms with Crippen LogP contribution in [-0.4, -0.2) is 10.1 Å². The van der Waals surface area contributed by atoms with Gasteiger partial charge in [0.15, 0.2) is 0 Å². The summed E-state index contributed by atoms with van der Waals surface area (Å²) in [6.07, 6.45) is 2.31. The zero-order valence-corrected chi connectivity index (χ0v) is 9.83. The van der Waals surface area contributed by atoms with Crippen molar-refractivity contribution < 1.29 is 4.52 Å². The lowest BCUT2D eigenvalue weighted by molar-refractivity contribution is 0.273. The minimum atomic E-state index is -0.470. The van der Waals surface area contributed by atoms with Crippen LogP contribution in [0.1, 0.15) is 25.7 Å². The molecule has 2 N–H and O–H groups in total. The Labute approximate surface area is 97.5 Å². The van der Waals surface area contributed by atoms with Gasteiger partial charge in [-0.25, -0.2) is 0 Å². The van der Waals surface area contributed by atoms with Crippen molar-refractivity contribution in [3.05, 3.63) is 23.4 Å². The molecule has 1 atom stereocenters. The normalized spacial score (nSPS) is 19.6. The molecule has 0 bridgehead atoms. The van der Waals surface area contributed by atoms with Crippen molar-refractivity contribution in [2.75, 3.05) is 0 Å². The zero-order chi connectivity index (χ0) is 11.2. The topological polar surface area (TPSA) is 64.9 Å². The highest BCUT2D eigenvalue weighted by Gasteiger charge is 2.43. The summed E-state index contributed by atoms with van der Waals surface area (Å²) in [4.78, 5) is 5.41. The molecule has 0 aliphatic heterocycles. The maximum absolute atomic E-state index is 6.22. The summed E-state index contributed by atoms with van der Waals surface area (Å²) in [7, 11) is 0. The Hall–Kier alpha value is -1.20. The van der Waals surface area contributed by atoms with E-state index in [-0.39, 0.29) is 0 Å². The fraction of sp³-hybridized carbons (Fsp3) is 0.455. The van der Waals surface area contributed by atoms with Crippen LogP contribution in [0.2, 0.25) is 0 Å². The Morgan fingerprint density at radius 1 is 1.56 bits per heavy atom. The lowest BCUT2D eigenvalue weighted by Crippen LogP contribution is -2.35. The average molecular weight is 235 g/mol. The summed E-state index contributed by atoms with van der Waals surface area (Å²) in [5, 5.41) is 5.97. The van der Waals surface area contributed by atoms with E-state index in [0.717, 1.165) is 17.7 Å². The molecular weight excluding hydrogens is 222 g/mol. The number of rotatable bonds is 3. The molecule has 4 nitrogen and oxygen atoms in total. The van der Waals surface area contributed by atoms with Gasteiger partial charge in [0.2, 0.25) is 11.7 Å². The first-order chi connectivity index (χ1) is 7.68. The summed E-state index contributed by atoms with van der Waals surface area (Å²) in [5.74, 6) is 1.69. The number of hydrogen-bond donors (Lipinski definition) is 1. The summed E-state index contributed by atoms with van der Waals surface area (Å²) >= 11 is 1.60.